The molecule has 0 spiro atoms. The van der Waals surface area contributed by atoms with E-state index in [4.69, 9.17) is 10.2 Å². The molecular formula is C28H51NO6. The minimum Gasteiger partial charge on any atom is -0.544 e. The Hall–Kier alpha value is -1.89. The zero-order valence-corrected chi connectivity index (χ0v) is 22.2. The van der Waals surface area contributed by atoms with Gasteiger partial charge in [-0.05, 0) is 38.5 Å². The van der Waals surface area contributed by atoms with Crippen LogP contribution < -0.4 is 5.11 Å². The molecule has 204 valence electrons. The highest BCUT2D eigenvalue weighted by atomic mass is 16.4. The maximum atomic E-state index is 11.2. The second-order valence-corrected chi connectivity index (χ2v) is 10.1. The van der Waals surface area contributed by atoms with Gasteiger partial charge in [0.1, 0.15) is 6.54 Å². The largest absolute Gasteiger partial charge is 0.544 e. The van der Waals surface area contributed by atoms with Crippen LogP contribution in [0.4, 0.5) is 0 Å². The van der Waals surface area contributed by atoms with Crippen molar-refractivity contribution in [2.24, 2.45) is 0 Å². The van der Waals surface area contributed by atoms with E-state index in [-0.39, 0.29) is 6.54 Å². The molecule has 0 rings (SSSR count). The molecule has 0 aromatic heterocycles. The Morgan fingerprint density at radius 1 is 0.600 bits per heavy atom. The molecule has 0 amide bonds. The molecule has 0 aromatic carbocycles. The van der Waals surface area contributed by atoms with Crippen molar-refractivity contribution in [2.75, 3.05) is 26.2 Å². The van der Waals surface area contributed by atoms with Gasteiger partial charge in [0, 0.05) is 0 Å². The quantitative estimate of drug-likeness (QED) is 0.0949. The Morgan fingerprint density at radius 3 is 1.34 bits per heavy atom. The predicted molar refractivity (Wildman–Crippen MR) is 138 cm³/mol. The second kappa shape index (κ2) is 22.6. The van der Waals surface area contributed by atoms with Crippen molar-refractivity contribution in [1.29, 1.82) is 0 Å². The van der Waals surface area contributed by atoms with Crippen LogP contribution in [0.15, 0.2) is 12.2 Å². The van der Waals surface area contributed by atoms with Crippen LogP contribution in [-0.2, 0) is 14.4 Å². The van der Waals surface area contributed by atoms with Crippen molar-refractivity contribution < 1.29 is 34.2 Å². The van der Waals surface area contributed by atoms with E-state index < -0.39 is 42.0 Å². The molecule has 0 bridgehead atoms. The number of aliphatic carboxylic acids is 3. The summed E-state index contributed by atoms with van der Waals surface area (Å²) in [4.78, 5) is 33.4. The first-order chi connectivity index (χ1) is 16.8. The summed E-state index contributed by atoms with van der Waals surface area (Å²) < 4.78 is -0.500. The Labute approximate surface area is 213 Å². The SMILES string of the molecule is CCCCCCCCC/C=C/CCCCCCCCCCC[N+](CC(=O)[O-])(CC(=O)O)CC(=O)O. The second-order valence-electron chi connectivity index (χ2n) is 10.1. The summed E-state index contributed by atoms with van der Waals surface area (Å²) in [6, 6.07) is 0. The highest BCUT2D eigenvalue weighted by Gasteiger charge is 2.33. The molecule has 0 radical (unpaired) electrons. The van der Waals surface area contributed by atoms with E-state index in [1.807, 2.05) is 0 Å². The number of carbonyl (C=O) groups excluding carboxylic acids is 1. The molecule has 0 aliphatic heterocycles. The number of nitrogens with zero attached hydrogens (tertiary/aromatic N) is 1. The van der Waals surface area contributed by atoms with Gasteiger partial charge in [-0.2, -0.15) is 0 Å². The van der Waals surface area contributed by atoms with Gasteiger partial charge in [-0.25, -0.2) is 9.59 Å². The van der Waals surface area contributed by atoms with Gasteiger partial charge >= 0.3 is 11.9 Å². The first kappa shape index (κ1) is 33.1. The topological polar surface area (TPSA) is 115 Å². The lowest BCUT2D eigenvalue weighted by atomic mass is 10.1. The van der Waals surface area contributed by atoms with E-state index in [0.29, 0.717) is 6.42 Å². The maximum Gasteiger partial charge on any atom is 0.359 e. The summed E-state index contributed by atoms with van der Waals surface area (Å²) in [6.45, 7) is 0.847. The van der Waals surface area contributed by atoms with E-state index in [1.165, 1.54) is 83.5 Å². The lowest BCUT2D eigenvalue weighted by molar-refractivity contribution is -0.909. The van der Waals surface area contributed by atoms with Gasteiger partial charge in [0.05, 0.1) is 12.5 Å². The number of carboxylic acids is 3. The Bertz CT molecular complexity index is 549. The van der Waals surface area contributed by atoms with Gasteiger partial charge in [0.2, 0.25) is 0 Å². The van der Waals surface area contributed by atoms with Crippen molar-refractivity contribution in [2.45, 2.75) is 122 Å². The first-order valence-electron chi connectivity index (χ1n) is 13.9. The molecule has 0 aliphatic carbocycles. The lowest BCUT2D eigenvalue weighted by Gasteiger charge is -2.36. The van der Waals surface area contributed by atoms with Gasteiger partial charge in [-0.15, -0.1) is 0 Å². The Balaban J connectivity index is 3.73. The van der Waals surface area contributed by atoms with E-state index >= 15 is 0 Å². The number of hydrogen-bond acceptors (Lipinski definition) is 4. The van der Waals surface area contributed by atoms with Crippen LogP contribution in [0.1, 0.15) is 122 Å². The Kier molecular flexibility index (Phi) is 21.3. The fraction of sp³-hybridized carbons (Fsp3) is 0.821. The van der Waals surface area contributed by atoms with E-state index in [2.05, 4.69) is 19.1 Å². The molecule has 0 fully saturated rings. The fourth-order valence-corrected chi connectivity index (χ4v) is 4.65. The average Bonchev–Trinajstić information content (AvgIpc) is 2.76. The highest BCUT2D eigenvalue weighted by molar-refractivity contribution is 5.72. The summed E-state index contributed by atoms with van der Waals surface area (Å²) in [5.41, 5.74) is 0. The van der Waals surface area contributed by atoms with Crippen molar-refractivity contribution in [1.82, 2.24) is 0 Å². The summed E-state index contributed by atoms with van der Waals surface area (Å²) in [7, 11) is 0. The fourth-order valence-electron chi connectivity index (χ4n) is 4.65. The first-order valence-corrected chi connectivity index (χ1v) is 13.9. The zero-order chi connectivity index (χ0) is 26.2. The molecule has 0 saturated heterocycles. The Morgan fingerprint density at radius 2 is 0.971 bits per heavy atom. The highest BCUT2D eigenvalue weighted by Crippen LogP contribution is 2.14. The summed E-state index contributed by atoms with van der Waals surface area (Å²) in [5, 5.41) is 29.3. The van der Waals surface area contributed by atoms with Gasteiger partial charge in [-0.3, -0.25) is 0 Å². The normalized spacial score (nSPS) is 11.8. The van der Waals surface area contributed by atoms with Crippen molar-refractivity contribution in [3.05, 3.63) is 12.2 Å². The van der Waals surface area contributed by atoms with Crippen LogP contribution in [0.2, 0.25) is 0 Å². The number of carbonyl (C=O) groups is 3. The molecule has 0 unspecified atom stereocenters. The standard InChI is InChI=1S/C28H51NO6/c1-2-3-4-5-6-7-8-9-10-11-12-13-14-15-16-17-18-19-20-21-22-29(23-26(30)31,24-27(32)33)25-28(34)35/h10-11H,2-9,12-25H2,1H3,(H2-,30,31,32,33,34,35)/b11-10+. The van der Waals surface area contributed by atoms with Crippen LogP contribution in [0.5, 0.6) is 0 Å². The number of hydrogen-bond donors (Lipinski definition) is 2. The number of allylic oxidation sites excluding steroid dienone is 2. The lowest BCUT2D eigenvalue weighted by Crippen LogP contribution is -2.59. The third kappa shape index (κ3) is 22.3. The van der Waals surface area contributed by atoms with Crippen LogP contribution in [0.25, 0.3) is 0 Å². The van der Waals surface area contributed by atoms with E-state index in [1.54, 1.807) is 0 Å². The molecule has 0 atom stereocenters. The smallest absolute Gasteiger partial charge is 0.359 e. The molecule has 7 nitrogen and oxygen atoms in total. The van der Waals surface area contributed by atoms with Gasteiger partial charge in [0.15, 0.2) is 13.1 Å². The molecule has 0 saturated carbocycles. The van der Waals surface area contributed by atoms with Crippen molar-refractivity contribution >= 4 is 17.9 Å². The molecule has 7 heteroatoms. The van der Waals surface area contributed by atoms with E-state index in [0.717, 1.165) is 25.7 Å². The van der Waals surface area contributed by atoms with E-state index in [9.17, 15) is 19.5 Å². The summed E-state index contributed by atoms with van der Waals surface area (Å²) in [5.74, 6) is -3.82. The molecular weight excluding hydrogens is 446 g/mol. The van der Waals surface area contributed by atoms with Crippen molar-refractivity contribution in [3.8, 4) is 0 Å². The van der Waals surface area contributed by atoms with Crippen LogP contribution in [0, 0.1) is 0 Å². The van der Waals surface area contributed by atoms with Crippen LogP contribution in [0.3, 0.4) is 0 Å². The van der Waals surface area contributed by atoms with Gasteiger partial charge < -0.3 is 24.6 Å². The van der Waals surface area contributed by atoms with Gasteiger partial charge in [0.25, 0.3) is 0 Å². The molecule has 35 heavy (non-hydrogen) atoms. The zero-order valence-electron chi connectivity index (χ0n) is 22.2. The third-order valence-corrected chi connectivity index (χ3v) is 6.55. The minimum absolute atomic E-state index is 0.221. The summed E-state index contributed by atoms with van der Waals surface area (Å²) >= 11 is 0. The number of rotatable bonds is 26. The van der Waals surface area contributed by atoms with Crippen molar-refractivity contribution in [3.63, 3.8) is 0 Å². The van der Waals surface area contributed by atoms with Crippen LogP contribution in [-0.4, -0.2) is 58.8 Å². The van der Waals surface area contributed by atoms with Gasteiger partial charge in [-0.1, -0.05) is 96.1 Å². The average molecular weight is 498 g/mol. The molecule has 0 aliphatic rings. The number of unbranched alkanes of at least 4 members (excludes halogenated alkanes) is 16. The number of quaternary nitrogens is 1. The van der Waals surface area contributed by atoms with Crippen LogP contribution >= 0.6 is 0 Å². The molecule has 0 aromatic rings. The summed E-state index contributed by atoms with van der Waals surface area (Å²) in [6.07, 6.45) is 26.3. The molecule has 0 heterocycles. The maximum absolute atomic E-state index is 11.2. The molecule has 2 N–H and O–H groups in total. The minimum atomic E-state index is -1.42. The number of carboxylic acid groups (broad SMARTS) is 3. The monoisotopic (exact) mass is 497 g/mol. The third-order valence-electron chi connectivity index (χ3n) is 6.55. The predicted octanol–water partition coefficient (Wildman–Crippen LogP) is 5.32.